The normalized spacial score (nSPS) is 46.8. The van der Waals surface area contributed by atoms with Crippen molar-refractivity contribution in [3.05, 3.63) is 11.6 Å². The molecule has 0 unspecified atom stereocenters. The molecule has 0 saturated carbocycles. The third-order valence-electron chi connectivity index (χ3n) is 4.37. The molecule has 0 radical (unpaired) electrons. The second-order valence-corrected chi connectivity index (χ2v) is 5.17. The molecule has 0 aromatic heterocycles. The van der Waals surface area contributed by atoms with Gasteiger partial charge in [0.25, 0.3) is 0 Å². The molecule has 4 heteroatoms. The molecule has 3 aliphatic heterocycles. The molecule has 0 N–H and O–H groups in total. The number of fused-ring (bicyclic) bond motifs is 1. The number of carbonyl (C=O) groups excluding carboxylic acids is 2. The Bertz CT molecular complexity index is 439. The van der Waals surface area contributed by atoms with E-state index >= 15 is 0 Å². The molecule has 3 aliphatic rings. The fraction of sp³-hybridized carbons (Fsp3) is 0.692. The molecule has 92 valence electrons. The Balaban J connectivity index is 2.12. The number of carbonyl (C=O) groups is 2. The minimum Gasteiger partial charge on any atom is -0.459 e. The molecule has 2 fully saturated rings. The number of esters is 1. The maximum Gasteiger partial charge on any atom is 0.313 e. The molecule has 0 aliphatic carbocycles. The van der Waals surface area contributed by atoms with E-state index in [-0.39, 0.29) is 29.9 Å². The molecule has 5 atom stereocenters. The van der Waals surface area contributed by atoms with Crippen LogP contribution in [0.25, 0.3) is 0 Å². The molecular formula is C13H16O4. The summed E-state index contributed by atoms with van der Waals surface area (Å²) in [5.74, 6) is -1.05. The van der Waals surface area contributed by atoms with Gasteiger partial charge in [-0.1, -0.05) is 13.0 Å². The molecule has 3 heterocycles. The SMILES string of the molecule is CC[C@H]1OC(=O)[C@H]2[C@H](C(C)=O)[C@@H]3C=C(C)[C@]12O3. The van der Waals surface area contributed by atoms with Crippen LogP contribution in [0.4, 0.5) is 0 Å². The van der Waals surface area contributed by atoms with E-state index < -0.39 is 11.5 Å². The lowest BCUT2D eigenvalue weighted by Gasteiger charge is -2.30. The summed E-state index contributed by atoms with van der Waals surface area (Å²) in [5.41, 5.74) is 0.384. The van der Waals surface area contributed by atoms with Crippen molar-refractivity contribution >= 4 is 11.8 Å². The van der Waals surface area contributed by atoms with Gasteiger partial charge in [-0.05, 0) is 25.8 Å². The minimum absolute atomic E-state index is 0.0133. The standard InChI is InChI=1S/C13H16O4/c1-4-9-13-6(2)5-8(17-13)10(7(3)14)11(13)12(15)16-9/h5,8-11H,4H2,1-3H3/t8-,9+,10+,11+,13-/m0/s1. The van der Waals surface area contributed by atoms with Crippen molar-refractivity contribution in [2.24, 2.45) is 11.8 Å². The highest BCUT2D eigenvalue weighted by Gasteiger charge is 2.71. The van der Waals surface area contributed by atoms with E-state index in [4.69, 9.17) is 9.47 Å². The van der Waals surface area contributed by atoms with Crippen LogP contribution in [-0.2, 0) is 19.1 Å². The van der Waals surface area contributed by atoms with E-state index in [1.165, 1.54) is 6.92 Å². The lowest BCUT2D eigenvalue weighted by atomic mass is 9.69. The Labute approximate surface area is 100.0 Å². The molecule has 17 heavy (non-hydrogen) atoms. The van der Waals surface area contributed by atoms with Crippen LogP contribution >= 0.6 is 0 Å². The first-order chi connectivity index (χ1) is 8.02. The van der Waals surface area contributed by atoms with Crippen LogP contribution in [0, 0.1) is 11.8 Å². The highest BCUT2D eigenvalue weighted by Crippen LogP contribution is 2.57. The van der Waals surface area contributed by atoms with E-state index in [1.54, 1.807) is 0 Å². The summed E-state index contributed by atoms with van der Waals surface area (Å²) in [4.78, 5) is 23.7. The first kappa shape index (κ1) is 11.0. The van der Waals surface area contributed by atoms with Gasteiger partial charge in [-0.25, -0.2) is 0 Å². The van der Waals surface area contributed by atoms with Gasteiger partial charge in [0, 0.05) is 0 Å². The van der Waals surface area contributed by atoms with Gasteiger partial charge in [-0.2, -0.15) is 0 Å². The number of cyclic esters (lactones) is 1. The number of hydrogen-bond donors (Lipinski definition) is 0. The van der Waals surface area contributed by atoms with Gasteiger partial charge in [0.2, 0.25) is 0 Å². The molecule has 0 aromatic rings. The van der Waals surface area contributed by atoms with E-state index in [9.17, 15) is 9.59 Å². The molecule has 3 rings (SSSR count). The van der Waals surface area contributed by atoms with E-state index in [0.29, 0.717) is 6.42 Å². The fourth-order valence-electron chi connectivity index (χ4n) is 3.69. The largest absolute Gasteiger partial charge is 0.459 e. The maximum absolute atomic E-state index is 12.0. The molecule has 4 nitrogen and oxygen atoms in total. The van der Waals surface area contributed by atoms with Gasteiger partial charge in [-0.15, -0.1) is 0 Å². The Hall–Kier alpha value is -1.16. The molecule has 0 aromatic carbocycles. The van der Waals surface area contributed by atoms with Crippen LogP contribution in [0.1, 0.15) is 27.2 Å². The third-order valence-corrected chi connectivity index (χ3v) is 4.37. The van der Waals surface area contributed by atoms with Gasteiger partial charge in [0.05, 0.1) is 12.0 Å². The minimum atomic E-state index is -0.660. The summed E-state index contributed by atoms with van der Waals surface area (Å²) in [5, 5.41) is 0. The highest BCUT2D eigenvalue weighted by atomic mass is 16.6. The van der Waals surface area contributed by atoms with Crippen LogP contribution in [0.3, 0.4) is 0 Å². The Morgan fingerprint density at radius 2 is 2.24 bits per heavy atom. The number of Topliss-reactive ketones (excluding diaryl/α,β-unsaturated/α-hetero) is 1. The van der Waals surface area contributed by atoms with Gasteiger partial charge >= 0.3 is 5.97 Å². The predicted molar refractivity (Wildman–Crippen MR) is 59.2 cm³/mol. The monoisotopic (exact) mass is 236 g/mol. The lowest BCUT2D eigenvalue weighted by molar-refractivity contribution is -0.149. The molecule has 0 amide bonds. The number of ketones is 1. The van der Waals surface area contributed by atoms with Crippen LogP contribution < -0.4 is 0 Å². The number of rotatable bonds is 2. The van der Waals surface area contributed by atoms with Crippen molar-refractivity contribution in [2.75, 3.05) is 0 Å². The second-order valence-electron chi connectivity index (χ2n) is 5.17. The van der Waals surface area contributed by atoms with Gasteiger partial charge < -0.3 is 9.47 Å². The third kappa shape index (κ3) is 1.07. The molecular weight excluding hydrogens is 220 g/mol. The second kappa shape index (κ2) is 3.19. The zero-order chi connectivity index (χ0) is 12.4. The first-order valence-electron chi connectivity index (χ1n) is 6.10. The van der Waals surface area contributed by atoms with Gasteiger partial charge in [-0.3, -0.25) is 9.59 Å². The summed E-state index contributed by atoms with van der Waals surface area (Å²) in [6.07, 6.45) is 2.21. The van der Waals surface area contributed by atoms with Crippen molar-refractivity contribution in [3.63, 3.8) is 0 Å². The summed E-state index contributed by atoms with van der Waals surface area (Å²) in [7, 11) is 0. The van der Waals surface area contributed by atoms with Crippen LogP contribution in [-0.4, -0.2) is 29.6 Å². The topological polar surface area (TPSA) is 52.6 Å². The van der Waals surface area contributed by atoms with Crippen molar-refractivity contribution < 1.29 is 19.1 Å². The zero-order valence-corrected chi connectivity index (χ0v) is 10.2. The van der Waals surface area contributed by atoms with Crippen molar-refractivity contribution in [1.82, 2.24) is 0 Å². The van der Waals surface area contributed by atoms with E-state index in [2.05, 4.69) is 0 Å². The average molecular weight is 236 g/mol. The summed E-state index contributed by atoms with van der Waals surface area (Å²) in [6.45, 7) is 5.46. The van der Waals surface area contributed by atoms with Gasteiger partial charge in [0.1, 0.15) is 23.4 Å². The smallest absolute Gasteiger partial charge is 0.313 e. The number of hydrogen-bond acceptors (Lipinski definition) is 4. The van der Waals surface area contributed by atoms with Crippen molar-refractivity contribution in [3.8, 4) is 0 Å². The Morgan fingerprint density at radius 3 is 2.82 bits per heavy atom. The Morgan fingerprint density at radius 1 is 1.53 bits per heavy atom. The Kier molecular flexibility index (Phi) is 2.06. The summed E-state index contributed by atoms with van der Waals surface area (Å²) >= 11 is 0. The van der Waals surface area contributed by atoms with Crippen LogP contribution in [0.15, 0.2) is 11.6 Å². The molecule has 1 spiro atoms. The maximum atomic E-state index is 12.0. The molecule has 2 saturated heterocycles. The van der Waals surface area contributed by atoms with Crippen molar-refractivity contribution in [1.29, 1.82) is 0 Å². The van der Waals surface area contributed by atoms with E-state index in [0.717, 1.165) is 5.57 Å². The summed E-state index contributed by atoms with van der Waals surface area (Å²) < 4.78 is 11.4. The van der Waals surface area contributed by atoms with E-state index in [1.807, 2.05) is 19.9 Å². The summed E-state index contributed by atoms with van der Waals surface area (Å²) in [6, 6.07) is 0. The fourth-order valence-corrected chi connectivity index (χ4v) is 3.69. The molecule has 2 bridgehead atoms. The first-order valence-corrected chi connectivity index (χ1v) is 6.10. The number of ether oxygens (including phenoxy) is 2. The zero-order valence-electron chi connectivity index (χ0n) is 10.2. The van der Waals surface area contributed by atoms with Crippen LogP contribution in [0.2, 0.25) is 0 Å². The van der Waals surface area contributed by atoms with Gasteiger partial charge in [0.15, 0.2) is 0 Å². The highest BCUT2D eigenvalue weighted by molar-refractivity contribution is 5.90. The quantitative estimate of drug-likeness (QED) is 0.534. The average Bonchev–Trinajstić information content (AvgIpc) is 2.84. The van der Waals surface area contributed by atoms with Crippen LogP contribution in [0.5, 0.6) is 0 Å². The predicted octanol–water partition coefficient (Wildman–Crippen LogP) is 1.24. The van der Waals surface area contributed by atoms with Crippen molar-refractivity contribution in [2.45, 2.75) is 45.0 Å². The lowest BCUT2D eigenvalue weighted by Crippen LogP contribution is -2.45.